The molecule has 0 bridgehead atoms. The van der Waals surface area contributed by atoms with Gasteiger partial charge in [0.2, 0.25) is 5.43 Å². The predicted octanol–water partition coefficient (Wildman–Crippen LogP) is 1.79. The van der Waals surface area contributed by atoms with Gasteiger partial charge in [0.25, 0.3) is 0 Å². The standard InChI is InChI=1S/C18H23FN4O3/c1-3-5-21-6-8-23(9-7-21)17-14(19)10-12-15(24)13(18(25)26)11-22(4-2)16(12)20-17/h10-11H,3-9H2,1-2H3,(H,25,26). The van der Waals surface area contributed by atoms with Crippen LogP contribution in [0.15, 0.2) is 17.1 Å². The maximum Gasteiger partial charge on any atom is 0.341 e. The largest absolute Gasteiger partial charge is 0.477 e. The molecular weight excluding hydrogens is 339 g/mol. The second-order valence-corrected chi connectivity index (χ2v) is 6.46. The highest BCUT2D eigenvalue weighted by molar-refractivity contribution is 5.92. The van der Waals surface area contributed by atoms with Crippen molar-refractivity contribution in [1.29, 1.82) is 0 Å². The molecule has 1 N–H and O–H groups in total. The number of carboxylic acid groups (broad SMARTS) is 1. The minimum Gasteiger partial charge on any atom is -0.477 e. The molecule has 26 heavy (non-hydrogen) atoms. The lowest BCUT2D eigenvalue weighted by Crippen LogP contribution is -2.47. The molecule has 1 fully saturated rings. The van der Waals surface area contributed by atoms with E-state index in [-0.39, 0.29) is 16.8 Å². The number of aromatic carboxylic acids is 1. The van der Waals surface area contributed by atoms with Gasteiger partial charge in [0, 0.05) is 38.9 Å². The minimum atomic E-state index is -1.32. The van der Waals surface area contributed by atoms with Crippen LogP contribution in [0.25, 0.3) is 11.0 Å². The van der Waals surface area contributed by atoms with Crippen LogP contribution in [-0.4, -0.2) is 58.3 Å². The van der Waals surface area contributed by atoms with Crippen LogP contribution in [-0.2, 0) is 6.54 Å². The van der Waals surface area contributed by atoms with Crippen LogP contribution in [0.4, 0.5) is 10.2 Å². The number of hydrogen-bond acceptors (Lipinski definition) is 5. The monoisotopic (exact) mass is 362 g/mol. The van der Waals surface area contributed by atoms with Gasteiger partial charge in [-0.2, -0.15) is 0 Å². The molecule has 1 aliphatic heterocycles. The van der Waals surface area contributed by atoms with Gasteiger partial charge < -0.3 is 14.6 Å². The fourth-order valence-electron chi connectivity index (χ4n) is 3.39. The number of hydrogen-bond donors (Lipinski definition) is 1. The first-order chi connectivity index (χ1) is 12.5. The second-order valence-electron chi connectivity index (χ2n) is 6.46. The van der Waals surface area contributed by atoms with Crippen molar-refractivity contribution in [2.24, 2.45) is 0 Å². The first kappa shape index (κ1) is 18.3. The third kappa shape index (κ3) is 3.29. The third-order valence-corrected chi connectivity index (χ3v) is 4.77. The summed E-state index contributed by atoms with van der Waals surface area (Å²) in [7, 11) is 0. The van der Waals surface area contributed by atoms with E-state index in [2.05, 4.69) is 16.8 Å². The Balaban J connectivity index is 2.04. The summed E-state index contributed by atoms with van der Waals surface area (Å²) >= 11 is 0. The number of rotatable bonds is 5. The number of aryl methyl sites for hydroxylation is 1. The number of fused-ring (bicyclic) bond motifs is 1. The van der Waals surface area contributed by atoms with Crippen LogP contribution in [0, 0.1) is 5.82 Å². The number of nitrogens with zero attached hydrogens (tertiary/aromatic N) is 4. The summed E-state index contributed by atoms with van der Waals surface area (Å²) in [4.78, 5) is 32.3. The molecule has 1 saturated heterocycles. The molecule has 3 rings (SSSR count). The van der Waals surface area contributed by atoms with Crippen molar-refractivity contribution in [3.8, 4) is 0 Å². The Kier molecular flexibility index (Phi) is 5.22. The van der Waals surface area contributed by atoms with Gasteiger partial charge >= 0.3 is 5.97 Å². The van der Waals surface area contributed by atoms with E-state index in [1.807, 2.05) is 11.8 Å². The highest BCUT2D eigenvalue weighted by Gasteiger charge is 2.23. The van der Waals surface area contributed by atoms with E-state index < -0.39 is 17.2 Å². The lowest BCUT2D eigenvalue weighted by molar-refractivity contribution is 0.0695. The molecule has 0 amide bonds. The quantitative estimate of drug-likeness (QED) is 0.874. The normalized spacial score (nSPS) is 15.6. The molecule has 0 aromatic carbocycles. The van der Waals surface area contributed by atoms with Crippen LogP contribution >= 0.6 is 0 Å². The zero-order chi connectivity index (χ0) is 18.8. The molecule has 2 aromatic rings. The van der Waals surface area contributed by atoms with Crippen molar-refractivity contribution in [1.82, 2.24) is 14.5 Å². The summed E-state index contributed by atoms with van der Waals surface area (Å²) in [5.74, 6) is -1.70. The van der Waals surface area contributed by atoms with Gasteiger partial charge in [-0.15, -0.1) is 0 Å². The number of pyridine rings is 2. The third-order valence-electron chi connectivity index (χ3n) is 4.77. The van der Waals surface area contributed by atoms with Gasteiger partial charge in [-0.1, -0.05) is 6.92 Å². The average molecular weight is 362 g/mol. The molecule has 140 valence electrons. The first-order valence-electron chi connectivity index (χ1n) is 8.90. The Morgan fingerprint density at radius 3 is 2.54 bits per heavy atom. The summed E-state index contributed by atoms with van der Waals surface area (Å²) in [6.07, 6.45) is 2.36. The van der Waals surface area contributed by atoms with Crippen molar-refractivity contribution < 1.29 is 14.3 Å². The zero-order valence-corrected chi connectivity index (χ0v) is 15.0. The molecule has 0 radical (unpaired) electrons. The smallest absolute Gasteiger partial charge is 0.341 e. The van der Waals surface area contributed by atoms with E-state index in [1.165, 1.54) is 6.20 Å². The summed E-state index contributed by atoms with van der Waals surface area (Å²) in [5.41, 5.74) is -0.765. The number of anilines is 1. The molecule has 3 heterocycles. The van der Waals surface area contributed by atoms with Gasteiger partial charge in [0.05, 0.1) is 5.39 Å². The number of halogens is 1. The summed E-state index contributed by atoms with van der Waals surface area (Å²) in [5, 5.41) is 9.20. The van der Waals surface area contributed by atoms with Gasteiger partial charge in [0.1, 0.15) is 11.2 Å². The molecule has 2 aromatic heterocycles. The number of carboxylic acids is 1. The Bertz CT molecular complexity index is 888. The van der Waals surface area contributed by atoms with Crippen molar-refractivity contribution in [3.63, 3.8) is 0 Å². The van der Waals surface area contributed by atoms with Gasteiger partial charge in [-0.05, 0) is 26.0 Å². The maximum atomic E-state index is 14.7. The Hall–Kier alpha value is -2.48. The number of carbonyl (C=O) groups is 1. The topological polar surface area (TPSA) is 78.7 Å². The minimum absolute atomic E-state index is 0.00220. The highest BCUT2D eigenvalue weighted by atomic mass is 19.1. The fourth-order valence-corrected chi connectivity index (χ4v) is 3.39. The predicted molar refractivity (Wildman–Crippen MR) is 97.5 cm³/mol. The lowest BCUT2D eigenvalue weighted by Gasteiger charge is -2.35. The Morgan fingerprint density at radius 2 is 1.96 bits per heavy atom. The lowest BCUT2D eigenvalue weighted by atomic mass is 10.2. The molecule has 8 heteroatoms. The summed E-state index contributed by atoms with van der Waals surface area (Å²) < 4.78 is 16.3. The fraction of sp³-hybridized carbons (Fsp3) is 0.500. The zero-order valence-electron chi connectivity index (χ0n) is 15.0. The van der Waals surface area contributed by atoms with E-state index in [0.29, 0.717) is 25.3 Å². The van der Waals surface area contributed by atoms with Gasteiger partial charge in [-0.25, -0.2) is 14.2 Å². The van der Waals surface area contributed by atoms with Crippen molar-refractivity contribution in [3.05, 3.63) is 33.9 Å². The summed E-state index contributed by atoms with van der Waals surface area (Å²) in [6.45, 7) is 8.42. The maximum absolute atomic E-state index is 14.7. The van der Waals surface area contributed by atoms with Crippen molar-refractivity contribution in [2.75, 3.05) is 37.6 Å². The molecule has 0 spiro atoms. The van der Waals surface area contributed by atoms with Crippen LogP contribution in [0.1, 0.15) is 30.6 Å². The molecule has 7 nitrogen and oxygen atoms in total. The number of aromatic nitrogens is 2. The van der Waals surface area contributed by atoms with Crippen LogP contribution in [0.5, 0.6) is 0 Å². The Labute approximate surface area is 150 Å². The number of piperazine rings is 1. The van der Waals surface area contributed by atoms with E-state index >= 15 is 0 Å². The molecule has 0 aliphatic carbocycles. The van der Waals surface area contributed by atoms with E-state index in [4.69, 9.17) is 0 Å². The molecule has 1 aliphatic rings. The molecule has 0 atom stereocenters. The molecule has 0 unspecified atom stereocenters. The van der Waals surface area contributed by atoms with Gasteiger partial charge in [0.15, 0.2) is 11.6 Å². The van der Waals surface area contributed by atoms with E-state index in [1.54, 1.807) is 4.57 Å². The van der Waals surface area contributed by atoms with E-state index in [9.17, 15) is 19.1 Å². The molecule has 0 saturated carbocycles. The Morgan fingerprint density at radius 1 is 1.27 bits per heavy atom. The van der Waals surface area contributed by atoms with Crippen LogP contribution < -0.4 is 10.3 Å². The average Bonchev–Trinajstić information content (AvgIpc) is 2.63. The van der Waals surface area contributed by atoms with Gasteiger partial charge in [-0.3, -0.25) is 9.69 Å². The van der Waals surface area contributed by atoms with Crippen LogP contribution in [0.2, 0.25) is 0 Å². The highest BCUT2D eigenvalue weighted by Crippen LogP contribution is 2.22. The first-order valence-corrected chi connectivity index (χ1v) is 8.90. The summed E-state index contributed by atoms with van der Waals surface area (Å²) in [6, 6.07) is 1.12. The molecular formula is C18H23FN4O3. The van der Waals surface area contributed by atoms with Crippen molar-refractivity contribution in [2.45, 2.75) is 26.8 Å². The second kappa shape index (κ2) is 7.41. The van der Waals surface area contributed by atoms with Crippen LogP contribution in [0.3, 0.4) is 0 Å². The van der Waals surface area contributed by atoms with Crippen molar-refractivity contribution >= 4 is 22.8 Å². The van der Waals surface area contributed by atoms with E-state index in [0.717, 1.165) is 32.1 Å². The SMILES string of the molecule is CCCN1CCN(c2nc3c(cc2F)c(=O)c(C(=O)O)cn3CC)CC1.